The molecule has 0 spiro atoms. The number of aliphatic hydroxyl groups is 1. The third kappa shape index (κ3) is 2.99. The molecular weight excluding hydrogens is 266 g/mol. The van der Waals surface area contributed by atoms with Crippen LogP contribution in [0.2, 0.25) is 0 Å². The van der Waals surface area contributed by atoms with E-state index in [1.807, 2.05) is 4.90 Å². The first-order valence-corrected chi connectivity index (χ1v) is 7.75. The molecule has 1 saturated heterocycles. The minimum atomic E-state index is -3.80. The van der Waals surface area contributed by atoms with Gasteiger partial charge in [-0.1, -0.05) is 6.07 Å². The highest BCUT2D eigenvalue weighted by atomic mass is 32.2. The summed E-state index contributed by atoms with van der Waals surface area (Å²) in [4.78, 5) is 2.00. The summed E-state index contributed by atoms with van der Waals surface area (Å²) in [6, 6.07) is 4.85. The quantitative estimate of drug-likeness (QED) is 0.684. The highest BCUT2D eigenvalue weighted by molar-refractivity contribution is 7.89. The van der Waals surface area contributed by atoms with Gasteiger partial charge >= 0.3 is 0 Å². The Morgan fingerprint density at radius 1 is 1.32 bits per heavy atom. The van der Waals surface area contributed by atoms with Gasteiger partial charge in [0, 0.05) is 19.7 Å². The van der Waals surface area contributed by atoms with Crippen LogP contribution in [0.1, 0.15) is 12.8 Å². The SMILES string of the molecule is Nc1c(N2CCC(CO)CC2)cccc1S(N)(=O)=O. The van der Waals surface area contributed by atoms with E-state index >= 15 is 0 Å². The lowest BCUT2D eigenvalue weighted by atomic mass is 9.97. The molecule has 5 N–H and O–H groups in total. The normalized spacial score (nSPS) is 17.7. The van der Waals surface area contributed by atoms with Gasteiger partial charge in [-0.25, -0.2) is 13.6 Å². The van der Waals surface area contributed by atoms with Gasteiger partial charge in [0.25, 0.3) is 0 Å². The summed E-state index contributed by atoms with van der Waals surface area (Å²) in [5, 5.41) is 14.3. The van der Waals surface area contributed by atoms with Crippen molar-refractivity contribution in [1.29, 1.82) is 0 Å². The molecule has 0 atom stereocenters. The number of hydrogen-bond acceptors (Lipinski definition) is 5. The topological polar surface area (TPSA) is 110 Å². The Hall–Kier alpha value is -1.31. The van der Waals surface area contributed by atoms with Crippen molar-refractivity contribution in [2.24, 2.45) is 11.1 Å². The molecule has 1 aliphatic heterocycles. The van der Waals surface area contributed by atoms with Crippen LogP contribution in [-0.4, -0.2) is 33.2 Å². The maximum atomic E-state index is 11.4. The summed E-state index contributed by atoms with van der Waals surface area (Å²) in [5.74, 6) is 0.318. The molecule has 0 aliphatic carbocycles. The van der Waals surface area contributed by atoms with Crippen LogP contribution in [0.4, 0.5) is 11.4 Å². The Morgan fingerprint density at radius 3 is 2.47 bits per heavy atom. The Kier molecular flexibility index (Phi) is 3.98. The van der Waals surface area contributed by atoms with Crippen LogP contribution in [0.15, 0.2) is 23.1 Å². The van der Waals surface area contributed by atoms with Gasteiger partial charge in [0.2, 0.25) is 10.0 Å². The lowest BCUT2D eigenvalue weighted by molar-refractivity contribution is 0.203. The molecule has 1 fully saturated rings. The number of sulfonamides is 1. The number of piperidine rings is 1. The van der Waals surface area contributed by atoms with Gasteiger partial charge in [0.1, 0.15) is 4.90 Å². The standard InChI is InChI=1S/C12H19N3O3S/c13-12-10(2-1-3-11(12)19(14,17)18)15-6-4-9(8-16)5-7-15/h1-3,9,16H,4-8,13H2,(H2,14,17,18). The molecule has 1 aromatic carbocycles. The molecule has 0 bridgehead atoms. The van der Waals surface area contributed by atoms with Crippen LogP contribution >= 0.6 is 0 Å². The van der Waals surface area contributed by atoms with Crippen LogP contribution in [0.3, 0.4) is 0 Å². The molecule has 0 saturated carbocycles. The molecule has 0 amide bonds. The van der Waals surface area contributed by atoms with Crippen molar-refractivity contribution in [3.8, 4) is 0 Å². The van der Waals surface area contributed by atoms with E-state index in [4.69, 9.17) is 16.0 Å². The molecular formula is C12H19N3O3S. The molecule has 1 aromatic rings. The fraction of sp³-hybridized carbons (Fsp3) is 0.500. The van der Waals surface area contributed by atoms with Crippen LogP contribution in [0.5, 0.6) is 0 Å². The Balaban J connectivity index is 2.27. The second-order valence-electron chi connectivity index (χ2n) is 4.85. The first-order chi connectivity index (χ1) is 8.93. The molecule has 1 aliphatic rings. The van der Waals surface area contributed by atoms with Crippen LogP contribution < -0.4 is 15.8 Å². The molecule has 6 nitrogen and oxygen atoms in total. The maximum absolute atomic E-state index is 11.4. The molecule has 19 heavy (non-hydrogen) atoms. The number of primary sulfonamides is 1. The third-order valence-electron chi connectivity index (χ3n) is 3.56. The third-order valence-corrected chi connectivity index (χ3v) is 4.53. The lowest BCUT2D eigenvalue weighted by Crippen LogP contribution is -2.35. The fourth-order valence-corrected chi connectivity index (χ4v) is 3.09. The van der Waals surface area contributed by atoms with Gasteiger partial charge < -0.3 is 15.7 Å². The van der Waals surface area contributed by atoms with Gasteiger partial charge in [-0.05, 0) is 30.9 Å². The monoisotopic (exact) mass is 285 g/mol. The zero-order chi connectivity index (χ0) is 14.0. The van der Waals surface area contributed by atoms with Gasteiger partial charge in [0.15, 0.2) is 0 Å². The number of rotatable bonds is 3. The molecule has 106 valence electrons. The van der Waals surface area contributed by atoms with Crippen LogP contribution in [-0.2, 0) is 10.0 Å². The number of nitrogens with zero attached hydrogens (tertiary/aromatic N) is 1. The van der Waals surface area contributed by atoms with E-state index < -0.39 is 10.0 Å². The highest BCUT2D eigenvalue weighted by Crippen LogP contribution is 2.31. The van der Waals surface area contributed by atoms with E-state index in [1.165, 1.54) is 6.07 Å². The number of nitrogens with two attached hydrogens (primary N) is 2. The zero-order valence-electron chi connectivity index (χ0n) is 10.6. The number of nitrogen functional groups attached to an aromatic ring is 1. The largest absolute Gasteiger partial charge is 0.396 e. The minimum Gasteiger partial charge on any atom is -0.396 e. The second kappa shape index (κ2) is 5.36. The highest BCUT2D eigenvalue weighted by Gasteiger charge is 2.22. The number of para-hydroxylation sites is 1. The molecule has 0 aromatic heterocycles. The van der Waals surface area contributed by atoms with Crippen molar-refractivity contribution in [1.82, 2.24) is 0 Å². The first kappa shape index (κ1) is 14.1. The van der Waals surface area contributed by atoms with E-state index in [0.29, 0.717) is 11.6 Å². The van der Waals surface area contributed by atoms with E-state index in [2.05, 4.69) is 0 Å². The molecule has 2 rings (SSSR count). The van der Waals surface area contributed by atoms with Gasteiger partial charge in [0.05, 0.1) is 11.4 Å². The number of benzene rings is 1. The molecule has 0 radical (unpaired) electrons. The average Bonchev–Trinajstić information content (AvgIpc) is 2.38. The predicted molar refractivity (Wildman–Crippen MR) is 74.3 cm³/mol. The second-order valence-corrected chi connectivity index (χ2v) is 6.38. The van der Waals surface area contributed by atoms with Crippen molar-refractivity contribution in [2.75, 3.05) is 30.3 Å². The first-order valence-electron chi connectivity index (χ1n) is 6.20. The number of aliphatic hydroxyl groups excluding tert-OH is 1. The summed E-state index contributed by atoms with van der Waals surface area (Å²) in [7, 11) is -3.80. The summed E-state index contributed by atoms with van der Waals surface area (Å²) in [6.07, 6.45) is 1.74. The summed E-state index contributed by atoms with van der Waals surface area (Å²) >= 11 is 0. The van der Waals surface area contributed by atoms with E-state index in [-0.39, 0.29) is 17.2 Å². The Labute approximate surface area is 113 Å². The Bertz CT molecular complexity index is 551. The number of anilines is 2. The lowest BCUT2D eigenvalue weighted by Gasteiger charge is -2.33. The van der Waals surface area contributed by atoms with Crippen LogP contribution in [0.25, 0.3) is 0 Å². The smallest absolute Gasteiger partial charge is 0.240 e. The Morgan fingerprint density at radius 2 is 1.95 bits per heavy atom. The molecule has 1 heterocycles. The van der Waals surface area contributed by atoms with E-state index in [1.54, 1.807) is 12.1 Å². The van der Waals surface area contributed by atoms with Crippen molar-refractivity contribution in [2.45, 2.75) is 17.7 Å². The number of hydrogen-bond donors (Lipinski definition) is 3. The average molecular weight is 285 g/mol. The van der Waals surface area contributed by atoms with Crippen molar-refractivity contribution >= 4 is 21.4 Å². The maximum Gasteiger partial charge on any atom is 0.240 e. The predicted octanol–water partition coefficient (Wildman–Crippen LogP) is 0.125. The summed E-state index contributed by atoms with van der Waals surface area (Å²) < 4.78 is 22.9. The molecule has 0 unspecified atom stereocenters. The van der Waals surface area contributed by atoms with Gasteiger partial charge in [-0.3, -0.25) is 0 Å². The minimum absolute atomic E-state index is 0.0331. The van der Waals surface area contributed by atoms with Crippen molar-refractivity contribution < 1.29 is 13.5 Å². The van der Waals surface area contributed by atoms with Crippen molar-refractivity contribution in [3.63, 3.8) is 0 Å². The summed E-state index contributed by atoms with van der Waals surface area (Å²) in [5.41, 5.74) is 6.82. The van der Waals surface area contributed by atoms with Gasteiger partial charge in [-0.15, -0.1) is 0 Å². The fourth-order valence-electron chi connectivity index (χ4n) is 2.41. The van der Waals surface area contributed by atoms with Crippen molar-refractivity contribution in [3.05, 3.63) is 18.2 Å². The molecule has 7 heteroatoms. The van der Waals surface area contributed by atoms with Crippen LogP contribution in [0, 0.1) is 5.92 Å². The van der Waals surface area contributed by atoms with Gasteiger partial charge in [-0.2, -0.15) is 0 Å². The van der Waals surface area contributed by atoms with E-state index in [9.17, 15) is 8.42 Å². The summed E-state index contributed by atoms with van der Waals surface area (Å²) in [6.45, 7) is 1.70. The van der Waals surface area contributed by atoms with E-state index in [0.717, 1.165) is 25.9 Å². The zero-order valence-corrected chi connectivity index (χ0v) is 11.4.